The van der Waals surface area contributed by atoms with Crippen molar-refractivity contribution in [2.45, 2.75) is 64.3 Å². The van der Waals surface area contributed by atoms with Crippen LogP contribution in [-0.4, -0.2) is 68.5 Å². The lowest BCUT2D eigenvalue weighted by Crippen LogP contribution is -2.50. The molecule has 0 aliphatic carbocycles. The SMILES string of the molecule is CO[C@@H]1CN(C)C[C@H]1C(C)CC1CC[C@@](F)(CC(C)C)CN1C. The fourth-order valence-electron chi connectivity index (χ4n) is 4.89. The molecule has 0 saturated carbocycles. The number of nitrogens with zero attached hydrogens (tertiary/aromatic N) is 2. The van der Waals surface area contributed by atoms with Crippen molar-refractivity contribution < 1.29 is 9.13 Å². The van der Waals surface area contributed by atoms with Crippen molar-refractivity contribution in [3.05, 3.63) is 0 Å². The molecule has 2 aliphatic heterocycles. The summed E-state index contributed by atoms with van der Waals surface area (Å²) < 4.78 is 20.7. The highest BCUT2D eigenvalue weighted by molar-refractivity contribution is 4.94. The van der Waals surface area contributed by atoms with Gasteiger partial charge in [-0.3, -0.25) is 0 Å². The molecule has 5 atom stereocenters. The Morgan fingerprint density at radius 2 is 1.91 bits per heavy atom. The second kappa shape index (κ2) is 7.79. The fourth-order valence-corrected chi connectivity index (χ4v) is 4.89. The Bertz CT molecular complexity index is 378. The predicted molar refractivity (Wildman–Crippen MR) is 94.5 cm³/mol. The summed E-state index contributed by atoms with van der Waals surface area (Å²) in [6.07, 6.45) is 3.92. The van der Waals surface area contributed by atoms with Crippen LogP contribution in [0.1, 0.15) is 46.5 Å². The third kappa shape index (κ3) is 4.90. The topological polar surface area (TPSA) is 15.7 Å². The van der Waals surface area contributed by atoms with Gasteiger partial charge in [0.15, 0.2) is 0 Å². The molecule has 0 N–H and O–H groups in total. The van der Waals surface area contributed by atoms with Crippen LogP contribution in [0.4, 0.5) is 4.39 Å². The van der Waals surface area contributed by atoms with Gasteiger partial charge in [-0.15, -0.1) is 0 Å². The van der Waals surface area contributed by atoms with Crippen LogP contribution in [0.3, 0.4) is 0 Å². The highest BCUT2D eigenvalue weighted by Gasteiger charge is 2.41. The molecule has 2 saturated heterocycles. The number of methoxy groups -OCH3 is 1. The van der Waals surface area contributed by atoms with E-state index in [1.807, 2.05) is 7.11 Å². The van der Waals surface area contributed by atoms with E-state index in [0.717, 1.165) is 32.4 Å². The van der Waals surface area contributed by atoms with Crippen LogP contribution in [0.5, 0.6) is 0 Å². The lowest BCUT2D eigenvalue weighted by Gasteiger charge is -2.43. The van der Waals surface area contributed by atoms with Gasteiger partial charge >= 0.3 is 0 Å². The minimum atomic E-state index is -0.981. The summed E-state index contributed by atoms with van der Waals surface area (Å²) >= 11 is 0. The summed E-state index contributed by atoms with van der Waals surface area (Å²) in [5, 5.41) is 0. The van der Waals surface area contributed by atoms with E-state index >= 15 is 0 Å². The Morgan fingerprint density at radius 3 is 2.48 bits per heavy atom. The van der Waals surface area contributed by atoms with Crippen molar-refractivity contribution in [2.75, 3.05) is 40.8 Å². The molecule has 23 heavy (non-hydrogen) atoms. The van der Waals surface area contributed by atoms with E-state index in [1.54, 1.807) is 0 Å². The minimum Gasteiger partial charge on any atom is -0.380 e. The van der Waals surface area contributed by atoms with E-state index in [2.05, 4.69) is 44.7 Å². The van der Waals surface area contributed by atoms with E-state index in [4.69, 9.17) is 4.74 Å². The molecular formula is C19H37FN2O. The maximum atomic E-state index is 15.0. The van der Waals surface area contributed by atoms with Gasteiger partial charge in [0.25, 0.3) is 0 Å². The summed E-state index contributed by atoms with van der Waals surface area (Å²) in [5.74, 6) is 1.65. The first kappa shape index (κ1) is 19.1. The Kier molecular flexibility index (Phi) is 6.49. The summed E-state index contributed by atoms with van der Waals surface area (Å²) in [6.45, 7) is 9.36. The molecule has 0 spiro atoms. The van der Waals surface area contributed by atoms with E-state index < -0.39 is 5.67 Å². The Balaban J connectivity index is 1.89. The maximum Gasteiger partial charge on any atom is 0.124 e. The molecule has 136 valence electrons. The first-order valence-corrected chi connectivity index (χ1v) is 9.34. The predicted octanol–water partition coefficient (Wildman–Crippen LogP) is 3.44. The average molecular weight is 329 g/mol. The molecule has 0 radical (unpaired) electrons. The third-order valence-corrected chi connectivity index (χ3v) is 6.02. The minimum absolute atomic E-state index is 0.352. The summed E-state index contributed by atoms with van der Waals surface area (Å²) in [7, 11) is 6.12. The number of hydrogen-bond acceptors (Lipinski definition) is 3. The molecule has 0 aromatic heterocycles. The highest BCUT2D eigenvalue weighted by atomic mass is 19.1. The zero-order valence-electron chi connectivity index (χ0n) is 16.0. The van der Waals surface area contributed by atoms with Crippen molar-refractivity contribution in [3.63, 3.8) is 0 Å². The molecule has 3 nitrogen and oxygen atoms in total. The number of likely N-dealkylation sites (N-methyl/N-ethyl adjacent to an activating group) is 1. The number of likely N-dealkylation sites (tertiary alicyclic amines) is 2. The average Bonchev–Trinajstić information content (AvgIpc) is 2.82. The summed E-state index contributed by atoms with van der Waals surface area (Å²) in [6, 6.07) is 0.518. The molecule has 2 fully saturated rings. The van der Waals surface area contributed by atoms with E-state index in [-0.39, 0.29) is 0 Å². The lowest BCUT2D eigenvalue weighted by atomic mass is 9.79. The van der Waals surface area contributed by atoms with Gasteiger partial charge in [-0.2, -0.15) is 0 Å². The molecule has 0 amide bonds. The highest BCUT2D eigenvalue weighted by Crippen LogP contribution is 2.37. The van der Waals surface area contributed by atoms with E-state index in [0.29, 0.717) is 42.9 Å². The smallest absolute Gasteiger partial charge is 0.124 e. The van der Waals surface area contributed by atoms with Gasteiger partial charge in [0.1, 0.15) is 5.67 Å². The van der Waals surface area contributed by atoms with Crippen LogP contribution >= 0.6 is 0 Å². The number of piperidine rings is 1. The van der Waals surface area contributed by atoms with Crippen LogP contribution in [0, 0.1) is 17.8 Å². The Hall–Kier alpha value is -0.190. The number of hydrogen-bond donors (Lipinski definition) is 0. The van der Waals surface area contributed by atoms with Crippen molar-refractivity contribution in [1.82, 2.24) is 9.80 Å². The van der Waals surface area contributed by atoms with Crippen molar-refractivity contribution in [2.24, 2.45) is 17.8 Å². The molecule has 0 bridgehead atoms. The first-order chi connectivity index (χ1) is 10.7. The quantitative estimate of drug-likeness (QED) is 0.743. The van der Waals surface area contributed by atoms with Gasteiger partial charge in [0.2, 0.25) is 0 Å². The third-order valence-electron chi connectivity index (χ3n) is 6.02. The standard InChI is InChI=1S/C19H37FN2O/c1-14(2)10-19(20)8-7-16(22(5)13-19)9-15(3)17-11-21(4)12-18(17)23-6/h14-18H,7-13H2,1-6H3/t15?,16?,17-,18+,19+/m0/s1. The molecule has 0 aromatic carbocycles. The number of rotatable bonds is 6. The molecular weight excluding hydrogens is 291 g/mol. The monoisotopic (exact) mass is 328 g/mol. The van der Waals surface area contributed by atoms with Crippen LogP contribution in [0.25, 0.3) is 0 Å². The van der Waals surface area contributed by atoms with Crippen LogP contribution in [0.15, 0.2) is 0 Å². The zero-order chi connectivity index (χ0) is 17.2. The number of alkyl halides is 1. The van der Waals surface area contributed by atoms with Gasteiger partial charge in [0, 0.05) is 38.7 Å². The zero-order valence-corrected chi connectivity index (χ0v) is 16.0. The number of halogens is 1. The molecule has 2 unspecified atom stereocenters. The molecule has 4 heteroatoms. The second-order valence-electron chi connectivity index (χ2n) is 8.73. The Labute approximate surface area is 142 Å². The van der Waals surface area contributed by atoms with Gasteiger partial charge in [0.05, 0.1) is 6.10 Å². The normalized spacial score (nSPS) is 38.3. The Morgan fingerprint density at radius 1 is 1.22 bits per heavy atom. The molecule has 2 heterocycles. The van der Waals surface area contributed by atoms with E-state index in [9.17, 15) is 4.39 Å². The van der Waals surface area contributed by atoms with Crippen molar-refractivity contribution in [3.8, 4) is 0 Å². The lowest BCUT2D eigenvalue weighted by molar-refractivity contribution is -0.00309. The van der Waals surface area contributed by atoms with Crippen molar-refractivity contribution in [1.29, 1.82) is 0 Å². The van der Waals surface area contributed by atoms with Crippen LogP contribution in [0.2, 0.25) is 0 Å². The largest absolute Gasteiger partial charge is 0.380 e. The number of ether oxygens (including phenoxy) is 1. The second-order valence-corrected chi connectivity index (χ2v) is 8.73. The van der Waals surface area contributed by atoms with Crippen LogP contribution in [-0.2, 0) is 4.74 Å². The molecule has 2 rings (SSSR count). The van der Waals surface area contributed by atoms with Gasteiger partial charge in [-0.1, -0.05) is 20.8 Å². The van der Waals surface area contributed by atoms with E-state index in [1.165, 1.54) is 0 Å². The van der Waals surface area contributed by atoms with Gasteiger partial charge in [-0.05, 0) is 51.6 Å². The first-order valence-electron chi connectivity index (χ1n) is 9.34. The van der Waals surface area contributed by atoms with Crippen molar-refractivity contribution >= 4 is 0 Å². The molecule has 2 aliphatic rings. The maximum absolute atomic E-state index is 15.0. The van der Waals surface area contributed by atoms with Crippen LogP contribution < -0.4 is 0 Å². The van der Waals surface area contributed by atoms with Gasteiger partial charge < -0.3 is 14.5 Å². The molecule has 0 aromatic rings. The fraction of sp³-hybridized carbons (Fsp3) is 1.00. The summed E-state index contributed by atoms with van der Waals surface area (Å²) in [4.78, 5) is 4.65. The van der Waals surface area contributed by atoms with Gasteiger partial charge in [-0.25, -0.2) is 4.39 Å². The summed E-state index contributed by atoms with van der Waals surface area (Å²) in [5.41, 5.74) is -0.981.